The summed E-state index contributed by atoms with van der Waals surface area (Å²) in [6, 6.07) is 0. The Balaban J connectivity index is 3.36. The van der Waals surface area contributed by atoms with Gasteiger partial charge in [-0.05, 0) is 30.7 Å². The fraction of sp³-hybridized carbons (Fsp3) is 1.00. The average Bonchev–Trinajstić information content (AvgIpc) is 2.24. The second-order valence-electron chi connectivity index (χ2n) is 5.86. The van der Waals surface area contributed by atoms with Crippen LogP contribution in [0.2, 0.25) is 0 Å². The molecule has 0 heterocycles. The van der Waals surface area contributed by atoms with E-state index in [0.29, 0.717) is 5.92 Å². The minimum absolute atomic E-state index is 0.703. The second kappa shape index (κ2) is 10.1. The van der Waals surface area contributed by atoms with Gasteiger partial charge in [0.2, 0.25) is 0 Å². The molecular weight excluding hydrogens is 194 g/mol. The van der Waals surface area contributed by atoms with Crippen molar-refractivity contribution in [2.24, 2.45) is 23.5 Å². The van der Waals surface area contributed by atoms with Gasteiger partial charge in [0.05, 0.1) is 0 Å². The van der Waals surface area contributed by atoms with Crippen LogP contribution in [0.3, 0.4) is 0 Å². The van der Waals surface area contributed by atoms with Gasteiger partial charge in [-0.25, -0.2) is 0 Å². The van der Waals surface area contributed by atoms with Gasteiger partial charge in [0.1, 0.15) is 0 Å². The first-order valence-electron chi connectivity index (χ1n) is 7.30. The van der Waals surface area contributed by atoms with E-state index in [1.807, 2.05) is 0 Å². The molecule has 0 saturated carbocycles. The molecule has 16 heavy (non-hydrogen) atoms. The van der Waals surface area contributed by atoms with Crippen molar-refractivity contribution >= 4 is 0 Å². The van der Waals surface area contributed by atoms with Crippen LogP contribution in [0.4, 0.5) is 0 Å². The molecule has 0 fully saturated rings. The van der Waals surface area contributed by atoms with E-state index >= 15 is 0 Å². The average molecular weight is 227 g/mol. The summed E-state index contributed by atoms with van der Waals surface area (Å²) in [6.45, 7) is 10.2. The molecule has 0 amide bonds. The van der Waals surface area contributed by atoms with Gasteiger partial charge >= 0.3 is 0 Å². The van der Waals surface area contributed by atoms with E-state index in [1.54, 1.807) is 0 Å². The molecule has 2 unspecified atom stereocenters. The summed E-state index contributed by atoms with van der Waals surface area (Å²) in [5.41, 5.74) is 5.65. The van der Waals surface area contributed by atoms with Crippen molar-refractivity contribution in [3.63, 3.8) is 0 Å². The summed E-state index contributed by atoms with van der Waals surface area (Å²) >= 11 is 0. The van der Waals surface area contributed by atoms with Crippen LogP contribution in [0.1, 0.15) is 72.6 Å². The van der Waals surface area contributed by atoms with Crippen LogP contribution in [0.25, 0.3) is 0 Å². The highest BCUT2D eigenvalue weighted by atomic mass is 14.5. The fourth-order valence-corrected chi connectivity index (χ4v) is 2.52. The molecule has 0 aromatic carbocycles. The lowest BCUT2D eigenvalue weighted by Gasteiger charge is -2.16. The normalized spacial score (nSPS) is 17.1. The smallest absolute Gasteiger partial charge is 0.00514 e. The van der Waals surface area contributed by atoms with Gasteiger partial charge in [-0.15, -0.1) is 0 Å². The maximum Gasteiger partial charge on any atom is -0.00514 e. The zero-order chi connectivity index (χ0) is 12.4. The number of rotatable bonds is 10. The Labute approximate surface area is 103 Å². The minimum Gasteiger partial charge on any atom is -0.330 e. The Bertz CT molecular complexity index is 144. The van der Waals surface area contributed by atoms with Gasteiger partial charge in [-0.3, -0.25) is 0 Å². The van der Waals surface area contributed by atoms with E-state index in [-0.39, 0.29) is 0 Å². The van der Waals surface area contributed by atoms with Crippen LogP contribution in [-0.2, 0) is 0 Å². The first-order valence-corrected chi connectivity index (χ1v) is 7.30. The van der Waals surface area contributed by atoms with Gasteiger partial charge < -0.3 is 5.73 Å². The van der Waals surface area contributed by atoms with Crippen molar-refractivity contribution in [2.75, 3.05) is 6.54 Å². The monoisotopic (exact) mass is 227 g/mol. The zero-order valence-corrected chi connectivity index (χ0v) is 12.0. The van der Waals surface area contributed by atoms with Crippen molar-refractivity contribution < 1.29 is 0 Å². The maximum absolute atomic E-state index is 5.65. The van der Waals surface area contributed by atoms with E-state index in [2.05, 4.69) is 27.7 Å². The fourth-order valence-electron chi connectivity index (χ4n) is 2.52. The highest BCUT2D eigenvalue weighted by Crippen LogP contribution is 2.20. The molecule has 0 saturated heterocycles. The topological polar surface area (TPSA) is 26.0 Å². The minimum atomic E-state index is 0.703. The SMILES string of the molecule is CCCC(C)CCCCC(C)C[C@@H](C)CN. The summed E-state index contributed by atoms with van der Waals surface area (Å²) in [4.78, 5) is 0. The van der Waals surface area contributed by atoms with E-state index in [9.17, 15) is 0 Å². The third-order valence-electron chi connectivity index (χ3n) is 3.63. The molecule has 98 valence electrons. The predicted octanol–water partition coefficient (Wildman–Crippen LogP) is 4.60. The van der Waals surface area contributed by atoms with Crippen molar-refractivity contribution in [2.45, 2.75) is 72.6 Å². The van der Waals surface area contributed by atoms with Gasteiger partial charge in [0.25, 0.3) is 0 Å². The molecule has 0 aromatic rings. The second-order valence-corrected chi connectivity index (χ2v) is 5.86. The number of nitrogens with two attached hydrogens (primary N) is 1. The lowest BCUT2D eigenvalue weighted by atomic mass is 9.91. The summed E-state index contributed by atoms with van der Waals surface area (Å²) in [5, 5.41) is 0. The zero-order valence-electron chi connectivity index (χ0n) is 12.0. The number of unbranched alkanes of at least 4 members (excludes halogenated alkanes) is 1. The standard InChI is InChI=1S/C15H33N/c1-5-8-13(2)9-6-7-10-14(3)11-15(4)12-16/h13-15H,5-12,16H2,1-4H3/t13?,14?,15-/m1/s1. The number of hydrogen-bond donors (Lipinski definition) is 1. The van der Waals surface area contributed by atoms with E-state index in [1.165, 1.54) is 44.9 Å². The van der Waals surface area contributed by atoms with Crippen molar-refractivity contribution in [1.29, 1.82) is 0 Å². The Morgan fingerprint density at radius 2 is 1.38 bits per heavy atom. The molecule has 1 heteroatoms. The van der Waals surface area contributed by atoms with Crippen molar-refractivity contribution in [1.82, 2.24) is 0 Å². The van der Waals surface area contributed by atoms with Crippen LogP contribution < -0.4 is 5.73 Å². The molecule has 0 aliphatic heterocycles. The first kappa shape index (κ1) is 16.0. The van der Waals surface area contributed by atoms with Crippen LogP contribution in [0, 0.1) is 17.8 Å². The number of hydrogen-bond acceptors (Lipinski definition) is 1. The summed E-state index contributed by atoms with van der Waals surface area (Å²) in [5.74, 6) is 2.50. The van der Waals surface area contributed by atoms with Crippen molar-refractivity contribution in [3.8, 4) is 0 Å². The molecule has 0 bridgehead atoms. The molecule has 2 N–H and O–H groups in total. The summed E-state index contributed by atoms with van der Waals surface area (Å²) in [6.07, 6.45) is 9.69. The lowest BCUT2D eigenvalue weighted by molar-refractivity contribution is 0.375. The maximum atomic E-state index is 5.65. The highest BCUT2D eigenvalue weighted by molar-refractivity contribution is 4.61. The van der Waals surface area contributed by atoms with E-state index in [0.717, 1.165) is 18.4 Å². The molecule has 0 rings (SSSR count). The van der Waals surface area contributed by atoms with Crippen LogP contribution in [0.15, 0.2) is 0 Å². The molecule has 1 nitrogen and oxygen atoms in total. The Morgan fingerprint density at radius 1 is 0.812 bits per heavy atom. The predicted molar refractivity (Wildman–Crippen MR) is 74.5 cm³/mol. The third-order valence-corrected chi connectivity index (χ3v) is 3.63. The lowest BCUT2D eigenvalue weighted by Crippen LogP contribution is -2.13. The van der Waals surface area contributed by atoms with Gasteiger partial charge in [-0.1, -0.05) is 66.2 Å². The van der Waals surface area contributed by atoms with Crippen LogP contribution >= 0.6 is 0 Å². The van der Waals surface area contributed by atoms with Crippen LogP contribution in [0.5, 0.6) is 0 Å². The van der Waals surface area contributed by atoms with Gasteiger partial charge in [0.15, 0.2) is 0 Å². The first-order chi connectivity index (χ1) is 7.60. The molecule has 0 aromatic heterocycles. The van der Waals surface area contributed by atoms with E-state index in [4.69, 9.17) is 5.73 Å². The Hall–Kier alpha value is -0.0400. The molecule has 0 aliphatic rings. The summed E-state index contributed by atoms with van der Waals surface area (Å²) < 4.78 is 0. The van der Waals surface area contributed by atoms with Crippen molar-refractivity contribution in [3.05, 3.63) is 0 Å². The van der Waals surface area contributed by atoms with E-state index < -0.39 is 0 Å². The molecular formula is C15H33N. The molecule has 0 spiro atoms. The van der Waals surface area contributed by atoms with Crippen LogP contribution in [-0.4, -0.2) is 6.54 Å². The molecule has 3 atom stereocenters. The highest BCUT2D eigenvalue weighted by Gasteiger charge is 2.07. The van der Waals surface area contributed by atoms with Gasteiger partial charge in [-0.2, -0.15) is 0 Å². The Morgan fingerprint density at radius 3 is 1.88 bits per heavy atom. The van der Waals surface area contributed by atoms with Gasteiger partial charge in [0, 0.05) is 0 Å². The summed E-state index contributed by atoms with van der Waals surface area (Å²) in [7, 11) is 0. The largest absolute Gasteiger partial charge is 0.330 e. The third kappa shape index (κ3) is 9.21. The Kier molecular flexibility index (Phi) is 10.1. The quantitative estimate of drug-likeness (QED) is 0.542. The molecule has 0 aliphatic carbocycles. The molecule has 0 radical (unpaired) electrons.